The van der Waals surface area contributed by atoms with Crippen LogP contribution >= 0.6 is 0 Å². The van der Waals surface area contributed by atoms with Crippen molar-refractivity contribution in [3.63, 3.8) is 0 Å². The Labute approximate surface area is 262 Å². The van der Waals surface area contributed by atoms with Crippen LogP contribution in [0.3, 0.4) is 0 Å². The molecule has 0 saturated heterocycles. The number of carbonyl (C=O) groups excluding carboxylic acids is 1. The van der Waals surface area contributed by atoms with Gasteiger partial charge in [0.2, 0.25) is 21.8 Å². The Balaban J connectivity index is 1.39. The van der Waals surface area contributed by atoms with Crippen molar-refractivity contribution in [2.24, 2.45) is 0 Å². The number of benzene rings is 2. The number of aryl methyl sites for hydroxylation is 3. The summed E-state index contributed by atoms with van der Waals surface area (Å²) in [6.45, 7) is 8.82. The lowest BCUT2D eigenvalue weighted by Crippen LogP contribution is -2.35. The van der Waals surface area contributed by atoms with Crippen LogP contribution < -0.4 is 10.1 Å². The van der Waals surface area contributed by atoms with Gasteiger partial charge in [-0.2, -0.15) is 4.31 Å². The summed E-state index contributed by atoms with van der Waals surface area (Å²) in [5.41, 5.74) is 6.89. The Morgan fingerprint density at radius 2 is 1.93 bits per heavy atom. The van der Waals surface area contributed by atoms with Gasteiger partial charge in [-0.05, 0) is 85.8 Å². The van der Waals surface area contributed by atoms with E-state index in [0.717, 1.165) is 38.9 Å². The largest absolute Gasteiger partial charge is 0.472 e. The highest BCUT2D eigenvalue weighted by atomic mass is 32.2. The van der Waals surface area contributed by atoms with Crippen molar-refractivity contribution in [2.45, 2.75) is 64.1 Å². The fourth-order valence-electron chi connectivity index (χ4n) is 5.87. The molecule has 0 unspecified atom stereocenters. The second-order valence-electron chi connectivity index (χ2n) is 11.3. The van der Waals surface area contributed by atoms with E-state index in [2.05, 4.69) is 25.6 Å². The second-order valence-corrected chi connectivity index (χ2v) is 13.2. The predicted octanol–water partition coefficient (Wildman–Crippen LogP) is 4.99. The first-order chi connectivity index (χ1) is 21.7. The Bertz CT molecular complexity index is 1980. The summed E-state index contributed by atoms with van der Waals surface area (Å²) in [6, 6.07) is 16.7. The number of nitrogens with zero attached hydrogens (tertiary/aromatic N) is 6. The molecule has 0 radical (unpaired) electrons. The maximum atomic E-state index is 13.8. The van der Waals surface area contributed by atoms with E-state index in [-0.39, 0.29) is 42.1 Å². The van der Waals surface area contributed by atoms with Gasteiger partial charge in [-0.1, -0.05) is 29.5 Å². The molecule has 45 heavy (non-hydrogen) atoms. The fourth-order valence-corrected chi connectivity index (χ4v) is 7.43. The molecule has 12 heteroatoms. The zero-order valence-corrected chi connectivity index (χ0v) is 26.5. The lowest BCUT2D eigenvalue weighted by atomic mass is 9.84. The molecule has 11 nitrogen and oxygen atoms in total. The number of fused-ring (bicyclic) bond motifs is 2. The summed E-state index contributed by atoms with van der Waals surface area (Å²) in [7, 11) is -3.88. The van der Waals surface area contributed by atoms with E-state index in [1.165, 1.54) is 16.6 Å². The number of nitrogens with one attached hydrogen (secondary N) is 1. The van der Waals surface area contributed by atoms with Crippen molar-refractivity contribution in [1.82, 2.24) is 29.3 Å². The van der Waals surface area contributed by atoms with Crippen molar-refractivity contribution in [1.29, 1.82) is 0 Å². The summed E-state index contributed by atoms with van der Waals surface area (Å²) >= 11 is 0. The van der Waals surface area contributed by atoms with E-state index < -0.39 is 16.1 Å². The number of hydrogen-bond acceptors (Lipinski definition) is 8. The Morgan fingerprint density at radius 1 is 1.11 bits per heavy atom. The highest BCUT2D eigenvalue weighted by Gasteiger charge is 2.34. The maximum Gasteiger partial charge on any atom is 0.248 e. The number of aromatic nitrogens is 5. The summed E-state index contributed by atoms with van der Waals surface area (Å²) in [5.74, 6) is -0.398. The third kappa shape index (κ3) is 6.03. The van der Waals surface area contributed by atoms with Gasteiger partial charge in [0.25, 0.3) is 0 Å². The number of carbonyl (C=O) groups is 1. The van der Waals surface area contributed by atoms with Crippen molar-refractivity contribution >= 4 is 32.7 Å². The van der Waals surface area contributed by atoms with E-state index in [0.29, 0.717) is 12.2 Å². The number of anilines is 1. The highest BCUT2D eigenvalue weighted by molar-refractivity contribution is 7.89. The summed E-state index contributed by atoms with van der Waals surface area (Å²) < 4.78 is 36.7. The molecule has 5 aromatic rings. The maximum absolute atomic E-state index is 13.8. The van der Waals surface area contributed by atoms with Gasteiger partial charge in [-0.3, -0.25) is 9.78 Å². The first-order valence-electron chi connectivity index (χ1n) is 14.9. The normalized spacial score (nSPS) is 16.8. The molecular weight excluding hydrogens is 590 g/mol. The van der Waals surface area contributed by atoms with Crippen molar-refractivity contribution in [3.8, 4) is 5.88 Å². The van der Waals surface area contributed by atoms with Gasteiger partial charge in [0, 0.05) is 37.8 Å². The number of hydrogen-bond donors (Lipinski definition) is 1. The van der Waals surface area contributed by atoms with E-state index in [1.807, 2.05) is 62.7 Å². The summed E-state index contributed by atoms with van der Waals surface area (Å²) in [5, 5.41) is 11.7. The third-order valence-corrected chi connectivity index (χ3v) is 10.1. The van der Waals surface area contributed by atoms with Crippen LogP contribution in [0.15, 0.2) is 78.1 Å². The molecule has 1 aliphatic heterocycles. The Morgan fingerprint density at radius 3 is 2.71 bits per heavy atom. The lowest BCUT2D eigenvalue weighted by molar-refractivity contribution is -0.116. The third-order valence-electron chi connectivity index (χ3n) is 8.24. The van der Waals surface area contributed by atoms with Gasteiger partial charge >= 0.3 is 0 Å². The van der Waals surface area contributed by atoms with Gasteiger partial charge in [0.1, 0.15) is 16.5 Å². The molecule has 0 bridgehead atoms. The van der Waals surface area contributed by atoms with E-state index in [9.17, 15) is 13.2 Å². The van der Waals surface area contributed by atoms with Gasteiger partial charge in [-0.25, -0.2) is 18.1 Å². The molecule has 0 fully saturated rings. The highest BCUT2D eigenvalue weighted by Crippen LogP contribution is 2.36. The number of ether oxygens (including phenoxy) is 1. The summed E-state index contributed by atoms with van der Waals surface area (Å²) in [6.07, 6.45) is 4.54. The monoisotopic (exact) mass is 625 g/mol. The molecule has 0 saturated carbocycles. The molecule has 4 heterocycles. The van der Waals surface area contributed by atoms with Gasteiger partial charge in [0.15, 0.2) is 0 Å². The Hall–Kier alpha value is -4.68. The molecular formula is C33H35N7O4S. The molecule has 3 aromatic heterocycles. The lowest BCUT2D eigenvalue weighted by Gasteiger charge is -2.24. The van der Waals surface area contributed by atoms with Crippen molar-refractivity contribution in [3.05, 3.63) is 101 Å². The van der Waals surface area contributed by atoms with Crippen LogP contribution in [0.2, 0.25) is 0 Å². The molecule has 1 aliphatic rings. The number of amides is 1. The number of sulfonamides is 1. The fraction of sp³-hybridized carbons (Fsp3) is 0.303. The standard InChI is InChI=1S/C33H35N7O4S/c1-5-40-29-13-12-27(23(4)32(29)37-38-40)28(17-31(41)36-26-8-6-14-34-18-26)24-11-10-21(2)25(16-24)20-39-19-22(3)44-33-30(45(39,42)43)9-7-15-35-33/h6-16,18,22,28H,5,17,19-20H2,1-4H3,(H,36,41)/t22-,28+/m1/s1. The minimum Gasteiger partial charge on any atom is -0.472 e. The molecule has 1 N–H and O–H groups in total. The molecule has 2 atom stereocenters. The number of rotatable bonds is 8. The summed E-state index contributed by atoms with van der Waals surface area (Å²) in [4.78, 5) is 21.8. The predicted molar refractivity (Wildman–Crippen MR) is 170 cm³/mol. The average molecular weight is 626 g/mol. The van der Waals surface area contributed by atoms with E-state index in [4.69, 9.17) is 4.74 Å². The van der Waals surface area contributed by atoms with Crippen molar-refractivity contribution in [2.75, 3.05) is 11.9 Å². The van der Waals surface area contributed by atoms with Crippen LogP contribution in [0, 0.1) is 13.8 Å². The number of pyridine rings is 2. The second kappa shape index (κ2) is 12.4. The molecule has 6 rings (SSSR count). The molecule has 232 valence electrons. The quantitative estimate of drug-likeness (QED) is 0.255. The molecule has 0 spiro atoms. The van der Waals surface area contributed by atoms with Crippen LogP contribution in [0.5, 0.6) is 5.88 Å². The molecule has 1 amide bonds. The van der Waals surface area contributed by atoms with E-state index in [1.54, 1.807) is 30.6 Å². The molecule has 2 aromatic carbocycles. The van der Waals surface area contributed by atoms with Gasteiger partial charge < -0.3 is 10.1 Å². The van der Waals surface area contributed by atoms with Crippen LogP contribution in [-0.2, 0) is 27.9 Å². The van der Waals surface area contributed by atoms with Crippen LogP contribution in [0.25, 0.3) is 11.0 Å². The van der Waals surface area contributed by atoms with Crippen molar-refractivity contribution < 1.29 is 17.9 Å². The Kier molecular flexibility index (Phi) is 8.34. The van der Waals surface area contributed by atoms with Crippen LogP contribution in [-0.4, -0.2) is 56.2 Å². The smallest absolute Gasteiger partial charge is 0.248 e. The topological polar surface area (TPSA) is 132 Å². The zero-order valence-electron chi connectivity index (χ0n) is 25.6. The van der Waals surface area contributed by atoms with Crippen LogP contribution in [0.1, 0.15) is 54.0 Å². The van der Waals surface area contributed by atoms with E-state index >= 15 is 0 Å². The molecule has 0 aliphatic carbocycles. The first kappa shape index (κ1) is 30.4. The zero-order chi connectivity index (χ0) is 31.7. The minimum atomic E-state index is -3.88. The van der Waals surface area contributed by atoms with Crippen LogP contribution in [0.4, 0.5) is 5.69 Å². The van der Waals surface area contributed by atoms with Gasteiger partial charge in [-0.15, -0.1) is 5.10 Å². The average Bonchev–Trinajstić information content (AvgIpc) is 3.42. The first-order valence-corrected chi connectivity index (χ1v) is 16.3. The minimum absolute atomic E-state index is 0.0529. The van der Waals surface area contributed by atoms with Gasteiger partial charge in [0.05, 0.1) is 23.9 Å². The SMILES string of the molecule is CCn1nnc2c(C)c([C@@H](CC(=O)Nc3cccnc3)c3ccc(C)c(CN4C[C@@H](C)Oc5ncccc5S4(=O)=O)c3)ccc21.